The molecular weight excluding hydrogens is 257 g/mol. The highest BCUT2D eigenvalue weighted by atomic mass is 19.1. The average Bonchev–Trinajstić information content (AvgIpc) is 2.68. The molecule has 2 heterocycles. The van der Waals surface area contributed by atoms with E-state index in [0.717, 1.165) is 12.8 Å². The third-order valence-corrected chi connectivity index (χ3v) is 4.90. The molecule has 1 aromatic rings. The van der Waals surface area contributed by atoms with Crippen LogP contribution in [0.5, 0.6) is 5.75 Å². The number of halogens is 1. The van der Waals surface area contributed by atoms with Crippen LogP contribution in [0.1, 0.15) is 36.0 Å². The number of fused-ring (bicyclic) bond motifs is 2. The van der Waals surface area contributed by atoms with Gasteiger partial charge in [-0.25, -0.2) is 4.39 Å². The van der Waals surface area contributed by atoms with E-state index in [1.807, 2.05) is 0 Å². The van der Waals surface area contributed by atoms with Gasteiger partial charge in [0.05, 0.1) is 12.7 Å². The Kier molecular flexibility index (Phi) is 3.50. The summed E-state index contributed by atoms with van der Waals surface area (Å²) in [5.41, 5.74) is 0.517. The van der Waals surface area contributed by atoms with Crippen molar-refractivity contribution < 1.29 is 13.9 Å². The first-order valence-electron chi connectivity index (χ1n) is 7.20. The Morgan fingerprint density at radius 1 is 1.30 bits per heavy atom. The molecule has 2 saturated heterocycles. The average molecular weight is 277 g/mol. The quantitative estimate of drug-likeness (QED) is 0.796. The van der Waals surface area contributed by atoms with Crippen LogP contribution in [0.4, 0.5) is 4.39 Å². The fraction of sp³-hybridized carbons (Fsp3) is 0.562. The molecule has 4 heteroatoms. The predicted octanol–water partition coefficient (Wildman–Crippen LogP) is 2.89. The van der Waals surface area contributed by atoms with Crippen LogP contribution in [0.3, 0.4) is 0 Å². The number of carbonyl (C=O) groups excluding carboxylic acids is 1. The zero-order valence-corrected chi connectivity index (χ0v) is 11.9. The van der Waals surface area contributed by atoms with Crippen molar-refractivity contribution in [1.29, 1.82) is 0 Å². The van der Waals surface area contributed by atoms with Crippen molar-refractivity contribution in [2.45, 2.75) is 37.8 Å². The molecular formula is C16H20FNO2. The van der Waals surface area contributed by atoms with E-state index in [1.54, 1.807) is 6.07 Å². The van der Waals surface area contributed by atoms with Crippen LogP contribution in [0.15, 0.2) is 18.2 Å². The minimum atomic E-state index is -0.373. The van der Waals surface area contributed by atoms with E-state index >= 15 is 0 Å². The van der Waals surface area contributed by atoms with Crippen molar-refractivity contribution in [3.8, 4) is 5.75 Å². The highest BCUT2D eigenvalue weighted by Crippen LogP contribution is 2.39. The fourth-order valence-electron chi connectivity index (χ4n) is 3.71. The van der Waals surface area contributed by atoms with Gasteiger partial charge in [-0.1, -0.05) is 0 Å². The molecule has 0 radical (unpaired) electrons. The van der Waals surface area contributed by atoms with Gasteiger partial charge in [-0.3, -0.25) is 4.79 Å². The van der Waals surface area contributed by atoms with E-state index in [-0.39, 0.29) is 17.5 Å². The molecule has 2 atom stereocenters. The van der Waals surface area contributed by atoms with Crippen molar-refractivity contribution in [2.75, 3.05) is 14.2 Å². The molecule has 2 unspecified atom stereocenters. The van der Waals surface area contributed by atoms with Gasteiger partial charge in [-0.2, -0.15) is 0 Å². The van der Waals surface area contributed by atoms with Crippen LogP contribution in [0.25, 0.3) is 0 Å². The fourth-order valence-corrected chi connectivity index (χ4v) is 3.71. The maximum Gasteiger partial charge on any atom is 0.169 e. The molecule has 20 heavy (non-hydrogen) atoms. The monoisotopic (exact) mass is 277 g/mol. The minimum Gasteiger partial charge on any atom is -0.496 e. The van der Waals surface area contributed by atoms with Gasteiger partial charge in [0.25, 0.3) is 0 Å². The molecule has 0 aliphatic carbocycles. The summed E-state index contributed by atoms with van der Waals surface area (Å²) in [4.78, 5) is 15.1. The van der Waals surface area contributed by atoms with Gasteiger partial charge >= 0.3 is 0 Å². The number of Topliss-reactive ketones (excluding diaryl/α,β-unsaturated/α-hetero) is 1. The summed E-state index contributed by atoms with van der Waals surface area (Å²) >= 11 is 0. The van der Waals surface area contributed by atoms with Crippen LogP contribution in [0.2, 0.25) is 0 Å². The second kappa shape index (κ2) is 5.17. The Morgan fingerprint density at radius 2 is 1.95 bits per heavy atom. The summed E-state index contributed by atoms with van der Waals surface area (Å²) in [7, 11) is 3.63. The Balaban J connectivity index is 1.83. The number of ether oxygens (including phenoxy) is 1. The number of hydrogen-bond donors (Lipinski definition) is 0. The normalized spacial score (nSPS) is 29.4. The van der Waals surface area contributed by atoms with Gasteiger partial charge < -0.3 is 9.64 Å². The molecule has 2 aliphatic rings. The lowest BCUT2D eigenvalue weighted by molar-refractivity contribution is 0.0764. The molecule has 1 aromatic carbocycles. The van der Waals surface area contributed by atoms with Gasteiger partial charge in [-0.15, -0.1) is 0 Å². The van der Waals surface area contributed by atoms with Crippen molar-refractivity contribution in [3.63, 3.8) is 0 Å². The SMILES string of the molecule is COc1cc(F)ccc1C(=O)C1CC2CCC(C1)N2C. The number of ketones is 1. The summed E-state index contributed by atoms with van der Waals surface area (Å²) in [6.07, 6.45) is 4.19. The number of methoxy groups -OCH3 is 1. The van der Waals surface area contributed by atoms with Crippen molar-refractivity contribution in [1.82, 2.24) is 4.90 Å². The van der Waals surface area contributed by atoms with Crippen LogP contribution in [-0.2, 0) is 0 Å². The van der Waals surface area contributed by atoms with Crippen LogP contribution < -0.4 is 4.74 Å². The van der Waals surface area contributed by atoms with Crippen LogP contribution in [0, 0.1) is 11.7 Å². The van der Waals surface area contributed by atoms with E-state index in [2.05, 4.69) is 11.9 Å². The number of hydrogen-bond acceptors (Lipinski definition) is 3. The van der Waals surface area contributed by atoms with E-state index in [0.29, 0.717) is 23.4 Å². The molecule has 2 fully saturated rings. The summed E-state index contributed by atoms with van der Waals surface area (Å²) in [5.74, 6) is 0.123. The van der Waals surface area contributed by atoms with E-state index in [1.165, 1.54) is 32.1 Å². The molecule has 0 amide bonds. The molecule has 0 aromatic heterocycles. The summed E-state index contributed by atoms with van der Waals surface area (Å²) in [6, 6.07) is 5.22. The lowest BCUT2D eigenvalue weighted by Crippen LogP contribution is -2.42. The smallest absolute Gasteiger partial charge is 0.169 e. The highest BCUT2D eigenvalue weighted by molar-refractivity contribution is 6.00. The highest BCUT2D eigenvalue weighted by Gasteiger charge is 2.41. The largest absolute Gasteiger partial charge is 0.496 e. The first-order chi connectivity index (χ1) is 9.60. The minimum absolute atomic E-state index is 0.0445. The molecule has 0 saturated carbocycles. The van der Waals surface area contributed by atoms with Gasteiger partial charge in [-0.05, 0) is 44.9 Å². The Bertz CT molecular complexity index is 517. The summed E-state index contributed by atoms with van der Waals surface area (Å²) < 4.78 is 18.4. The predicted molar refractivity (Wildman–Crippen MR) is 74.6 cm³/mol. The third kappa shape index (κ3) is 2.22. The topological polar surface area (TPSA) is 29.5 Å². The van der Waals surface area contributed by atoms with Crippen molar-refractivity contribution >= 4 is 5.78 Å². The lowest BCUT2D eigenvalue weighted by atomic mass is 9.85. The number of benzene rings is 1. The number of piperidine rings is 1. The second-order valence-electron chi connectivity index (χ2n) is 5.93. The van der Waals surface area contributed by atoms with E-state index in [4.69, 9.17) is 4.74 Å². The standard InChI is InChI=1S/C16H20FNO2/c1-18-12-4-5-13(18)8-10(7-12)16(19)14-6-3-11(17)9-15(14)20-2/h3,6,9-10,12-13H,4-5,7-8H2,1-2H3. The maximum atomic E-state index is 13.2. The summed E-state index contributed by atoms with van der Waals surface area (Å²) in [6.45, 7) is 0. The number of nitrogens with zero attached hydrogens (tertiary/aromatic N) is 1. The van der Waals surface area contributed by atoms with Gasteiger partial charge in [0, 0.05) is 24.1 Å². The van der Waals surface area contributed by atoms with E-state index in [9.17, 15) is 9.18 Å². The van der Waals surface area contributed by atoms with Gasteiger partial charge in [0.2, 0.25) is 0 Å². The molecule has 0 spiro atoms. The Morgan fingerprint density at radius 3 is 2.55 bits per heavy atom. The zero-order chi connectivity index (χ0) is 14.3. The second-order valence-corrected chi connectivity index (χ2v) is 5.93. The van der Waals surface area contributed by atoms with Crippen LogP contribution in [-0.4, -0.2) is 36.9 Å². The van der Waals surface area contributed by atoms with Crippen LogP contribution >= 0.6 is 0 Å². The number of carbonyl (C=O) groups is 1. The van der Waals surface area contributed by atoms with Gasteiger partial charge in [0.15, 0.2) is 5.78 Å². The van der Waals surface area contributed by atoms with Gasteiger partial charge in [0.1, 0.15) is 11.6 Å². The maximum absolute atomic E-state index is 13.2. The molecule has 0 N–H and O–H groups in total. The molecule has 3 rings (SSSR count). The zero-order valence-electron chi connectivity index (χ0n) is 11.9. The molecule has 2 bridgehead atoms. The molecule has 108 valence electrons. The molecule has 2 aliphatic heterocycles. The summed E-state index contributed by atoms with van der Waals surface area (Å²) in [5, 5.41) is 0. The first-order valence-corrected chi connectivity index (χ1v) is 7.20. The van der Waals surface area contributed by atoms with Crippen molar-refractivity contribution in [2.24, 2.45) is 5.92 Å². The Hall–Kier alpha value is -1.42. The number of rotatable bonds is 3. The molecule has 3 nitrogen and oxygen atoms in total. The van der Waals surface area contributed by atoms with E-state index < -0.39 is 0 Å². The lowest BCUT2D eigenvalue weighted by Gasteiger charge is -2.35. The van der Waals surface area contributed by atoms with Crippen molar-refractivity contribution in [3.05, 3.63) is 29.6 Å². The third-order valence-electron chi connectivity index (χ3n) is 4.90. The Labute approximate surface area is 118 Å². The first kappa shape index (κ1) is 13.6.